The number of carbonyl (C=O) groups excluding carboxylic acids is 1. The van der Waals surface area contributed by atoms with E-state index in [4.69, 9.17) is 9.47 Å². The highest BCUT2D eigenvalue weighted by atomic mass is 79.9. The Hall–Kier alpha value is -1.03. The SMILES string of the molecule is COC(=O)C(c1c(Br)cccc1OC)C1CC1. The van der Waals surface area contributed by atoms with Crippen LogP contribution in [0.25, 0.3) is 0 Å². The van der Waals surface area contributed by atoms with Gasteiger partial charge in [0.1, 0.15) is 5.75 Å². The van der Waals surface area contributed by atoms with Crippen molar-refractivity contribution in [3.63, 3.8) is 0 Å². The molecule has 1 fully saturated rings. The quantitative estimate of drug-likeness (QED) is 0.801. The van der Waals surface area contributed by atoms with Crippen molar-refractivity contribution in [2.45, 2.75) is 18.8 Å². The zero-order valence-corrected chi connectivity index (χ0v) is 11.5. The van der Waals surface area contributed by atoms with Crippen LogP contribution in [0.15, 0.2) is 22.7 Å². The summed E-state index contributed by atoms with van der Waals surface area (Å²) in [7, 11) is 3.05. The molecule has 1 saturated carbocycles. The molecule has 4 heteroatoms. The number of esters is 1. The summed E-state index contributed by atoms with van der Waals surface area (Å²) < 4.78 is 11.2. The van der Waals surface area contributed by atoms with E-state index < -0.39 is 0 Å². The van der Waals surface area contributed by atoms with Gasteiger partial charge in [0.2, 0.25) is 0 Å². The molecule has 2 rings (SSSR count). The van der Waals surface area contributed by atoms with Gasteiger partial charge < -0.3 is 9.47 Å². The fourth-order valence-corrected chi connectivity index (χ4v) is 2.69. The minimum atomic E-state index is -0.217. The molecule has 1 aliphatic rings. The highest BCUT2D eigenvalue weighted by molar-refractivity contribution is 9.10. The summed E-state index contributed by atoms with van der Waals surface area (Å²) in [6.45, 7) is 0. The van der Waals surface area contributed by atoms with Crippen LogP contribution in [0.1, 0.15) is 24.3 Å². The predicted molar refractivity (Wildman–Crippen MR) is 68.2 cm³/mol. The van der Waals surface area contributed by atoms with E-state index in [9.17, 15) is 4.79 Å². The van der Waals surface area contributed by atoms with Crippen molar-refractivity contribution in [3.05, 3.63) is 28.2 Å². The summed E-state index contributed by atoms with van der Waals surface area (Å²) in [5.74, 6) is 0.722. The normalized spacial score (nSPS) is 16.4. The molecule has 0 radical (unpaired) electrons. The number of halogens is 1. The second-order valence-electron chi connectivity index (χ2n) is 4.19. The summed E-state index contributed by atoms with van der Waals surface area (Å²) in [6, 6.07) is 5.70. The molecule has 0 spiro atoms. The maximum absolute atomic E-state index is 11.9. The molecule has 92 valence electrons. The zero-order chi connectivity index (χ0) is 12.4. The fraction of sp³-hybridized carbons (Fsp3) is 0.462. The number of benzene rings is 1. The molecule has 0 N–H and O–H groups in total. The number of ether oxygens (including phenoxy) is 2. The minimum Gasteiger partial charge on any atom is -0.496 e. The van der Waals surface area contributed by atoms with Gasteiger partial charge in [-0.25, -0.2) is 0 Å². The van der Waals surface area contributed by atoms with Gasteiger partial charge in [-0.2, -0.15) is 0 Å². The molecule has 1 aromatic rings. The van der Waals surface area contributed by atoms with E-state index in [0.29, 0.717) is 5.92 Å². The molecule has 0 heterocycles. The van der Waals surface area contributed by atoms with Crippen molar-refractivity contribution in [2.75, 3.05) is 14.2 Å². The van der Waals surface area contributed by atoms with Crippen molar-refractivity contribution < 1.29 is 14.3 Å². The maximum Gasteiger partial charge on any atom is 0.313 e. The van der Waals surface area contributed by atoms with Gasteiger partial charge in [-0.15, -0.1) is 0 Å². The van der Waals surface area contributed by atoms with Crippen molar-refractivity contribution in [3.8, 4) is 5.75 Å². The lowest BCUT2D eigenvalue weighted by Gasteiger charge is -2.18. The van der Waals surface area contributed by atoms with E-state index in [1.54, 1.807) is 7.11 Å². The first-order valence-electron chi connectivity index (χ1n) is 5.59. The number of rotatable bonds is 4. The van der Waals surface area contributed by atoms with Gasteiger partial charge in [-0.1, -0.05) is 22.0 Å². The Labute approximate surface area is 109 Å². The van der Waals surface area contributed by atoms with E-state index in [1.165, 1.54) is 7.11 Å². The lowest BCUT2D eigenvalue weighted by molar-refractivity contribution is -0.143. The van der Waals surface area contributed by atoms with Gasteiger partial charge in [0.05, 0.1) is 20.1 Å². The molecule has 1 aromatic carbocycles. The minimum absolute atomic E-state index is 0.183. The number of hydrogen-bond donors (Lipinski definition) is 0. The molecule has 0 aromatic heterocycles. The highest BCUT2D eigenvalue weighted by Crippen LogP contribution is 2.47. The summed E-state index contributed by atoms with van der Waals surface area (Å²) in [6.07, 6.45) is 2.15. The molecule has 1 aliphatic carbocycles. The average molecular weight is 299 g/mol. The third-order valence-corrected chi connectivity index (χ3v) is 3.78. The lowest BCUT2D eigenvalue weighted by atomic mass is 9.93. The van der Waals surface area contributed by atoms with E-state index in [2.05, 4.69) is 15.9 Å². The Morgan fingerprint density at radius 3 is 2.65 bits per heavy atom. The molecule has 0 saturated heterocycles. The second kappa shape index (κ2) is 5.08. The van der Waals surface area contributed by atoms with Gasteiger partial charge in [-0.3, -0.25) is 4.79 Å². The van der Waals surface area contributed by atoms with Crippen LogP contribution in [0.3, 0.4) is 0 Å². The second-order valence-corrected chi connectivity index (χ2v) is 5.05. The number of hydrogen-bond acceptors (Lipinski definition) is 3. The molecule has 17 heavy (non-hydrogen) atoms. The Balaban J connectivity index is 2.44. The van der Waals surface area contributed by atoms with Gasteiger partial charge in [0.25, 0.3) is 0 Å². The molecular weight excluding hydrogens is 284 g/mol. The first kappa shape index (κ1) is 12.4. The summed E-state index contributed by atoms with van der Waals surface area (Å²) in [5, 5.41) is 0. The topological polar surface area (TPSA) is 35.5 Å². The van der Waals surface area contributed by atoms with Gasteiger partial charge in [0, 0.05) is 10.0 Å². The molecule has 0 amide bonds. The summed E-state index contributed by atoms with van der Waals surface area (Å²) in [5.41, 5.74) is 0.907. The molecule has 0 aliphatic heterocycles. The van der Waals surface area contributed by atoms with Crippen LogP contribution >= 0.6 is 15.9 Å². The third kappa shape index (κ3) is 2.46. The lowest BCUT2D eigenvalue weighted by Crippen LogP contribution is -2.17. The Kier molecular flexibility index (Phi) is 3.72. The van der Waals surface area contributed by atoms with Crippen LogP contribution in [0.5, 0.6) is 5.75 Å². The van der Waals surface area contributed by atoms with Crippen molar-refractivity contribution in [1.82, 2.24) is 0 Å². The zero-order valence-electron chi connectivity index (χ0n) is 9.90. The van der Waals surface area contributed by atoms with Crippen LogP contribution in [0.2, 0.25) is 0 Å². The van der Waals surface area contributed by atoms with Crippen molar-refractivity contribution >= 4 is 21.9 Å². The third-order valence-electron chi connectivity index (χ3n) is 3.09. The number of methoxy groups -OCH3 is 2. The van der Waals surface area contributed by atoms with Crippen LogP contribution in [-0.4, -0.2) is 20.2 Å². The van der Waals surface area contributed by atoms with E-state index in [1.807, 2.05) is 18.2 Å². The molecular formula is C13H15BrO3. The standard InChI is InChI=1S/C13H15BrO3/c1-16-10-5-3-4-9(14)12(10)11(8-6-7-8)13(15)17-2/h3-5,8,11H,6-7H2,1-2H3. The largest absolute Gasteiger partial charge is 0.496 e. The smallest absolute Gasteiger partial charge is 0.313 e. The molecule has 3 nitrogen and oxygen atoms in total. The van der Waals surface area contributed by atoms with Crippen molar-refractivity contribution in [1.29, 1.82) is 0 Å². The van der Waals surface area contributed by atoms with E-state index in [0.717, 1.165) is 28.6 Å². The summed E-state index contributed by atoms with van der Waals surface area (Å²) in [4.78, 5) is 11.9. The van der Waals surface area contributed by atoms with Crippen LogP contribution in [0.4, 0.5) is 0 Å². The monoisotopic (exact) mass is 298 g/mol. The highest BCUT2D eigenvalue weighted by Gasteiger charge is 2.40. The van der Waals surface area contributed by atoms with E-state index >= 15 is 0 Å². The van der Waals surface area contributed by atoms with Gasteiger partial charge >= 0.3 is 5.97 Å². The van der Waals surface area contributed by atoms with E-state index in [-0.39, 0.29) is 11.9 Å². The van der Waals surface area contributed by atoms with Crippen molar-refractivity contribution in [2.24, 2.45) is 5.92 Å². The Bertz CT molecular complexity index is 427. The Morgan fingerprint density at radius 1 is 1.41 bits per heavy atom. The summed E-state index contributed by atoms with van der Waals surface area (Å²) >= 11 is 3.49. The maximum atomic E-state index is 11.9. The first-order valence-corrected chi connectivity index (χ1v) is 6.38. The molecule has 0 bridgehead atoms. The van der Waals surface area contributed by atoms with Crippen LogP contribution in [-0.2, 0) is 9.53 Å². The molecule has 1 unspecified atom stereocenters. The molecule has 1 atom stereocenters. The van der Waals surface area contributed by atoms with Crippen LogP contribution in [0, 0.1) is 5.92 Å². The van der Waals surface area contributed by atoms with Crippen LogP contribution < -0.4 is 4.74 Å². The predicted octanol–water partition coefficient (Wildman–Crippen LogP) is 3.12. The van der Waals surface area contributed by atoms with Gasteiger partial charge in [-0.05, 0) is 30.9 Å². The van der Waals surface area contributed by atoms with Gasteiger partial charge in [0.15, 0.2) is 0 Å². The fourth-order valence-electron chi connectivity index (χ4n) is 2.10. The average Bonchev–Trinajstić information content (AvgIpc) is 3.15. The first-order chi connectivity index (χ1) is 8.19. The Morgan fingerprint density at radius 2 is 2.12 bits per heavy atom. The number of carbonyl (C=O) groups is 1.